The van der Waals surface area contributed by atoms with Crippen molar-refractivity contribution in [3.63, 3.8) is 0 Å². The summed E-state index contributed by atoms with van der Waals surface area (Å²) in [6.07, 6.45) is 6.07. The first kappa shape index (κ1) is 15.3. The molecule has 1 saturated carbocycles. The number of thiophene rings is 1. The van der Waals surface area contributed by atoms with E-state index in [1.165, 1.54) is 30.6 Å². The molecule has 4 heteroatoms. The number of nitrogens with two attached hydrogens (primary N) is 1. The van der Waals surface area contributed by atoms with Crippen molar-refractivity contribution in [2.24, 2.45) is 5.73 Å². The van der Waals surface area contributed by atoms with Gasteiger partial charge in [-0.15, -0.1) is 11.3 Å². The normalized spacial score (nSPS) is 20.1. The molecule has 0 aliphatic heterocycles. The highest BCUT2D eigenvalue weighted by molar-refractivity contribution is 7.16. The first-order valence-corrected chi connectivity index (χ1v) is 8.56. The lowest BCUT2D eigenvalue weighted by Crippen LogP contribution is -2.59. The predicted octanol–water partition coefficient (Wildman–Crippen LogP) is 3.93. The number of halogens is 1. The molecule has 0 aromatic carbocycles. The molecule has 19 heavy (non-hydrogen) atoms. The Bertz CT molecular complexity index is 395. The van der Waals surface area contributed by atoms with Crippen LogP contribution in [0.5, 0.6) is 0 Å². The van der Waals surface area contributed by atoms with Crippen LogP contribution in [0.2, 0.25) is 4.34 Å². The molecule has 1 atom stereocenters. The highest BCUT2D eigenvalue weighted by Gasteiger charge is 2.43. The smallest absolute Gasteiger partial charge is 0.0931 e. The van der Waals surface area contributed by atoms with Gasteiger partial charge in [0.05, 0.1) is 4.34 Å². The maximum absolute atomic E-state index is 6.63. The first-order chi connectivity index (χ1) is 9.12. The third-order valence-corrected chi connectivity index (χ3v) is 5.86. The second-order valence-electron chi connectivity index (χ2n) is 5.50. The van der Waals surface area contributed by atoms with Gasteiger partial charge in [-0.25, -0.2) is 0 Å². The van der Waals surface area contributed by atoms with E-state index in [1.54, 1.807) is 11.3 Å². The quantitative estimate of drug-likeness (QED) is 0.862. The van der Waals surface area contributed by atoms with Crippen LogP contribution in [-0.2, 0) is 6.42 Å². The van der Waals surface area contributed by atoms with Crippen LogP contribution in [0.4, 0.5) is 0 Å². The van der Waals surface area contributed by atoms with E-state index in [0.29, 0.717) is 0 Å². The van der Waals surface area contributed by atoms with Crippen molar-refractivity contribution in [3.05, 3.63) is 21.3 Å². The maximum Gasteiger partial charge on any atom is 0.0931 e. The summed E-state index contributed by atoms with van der Waals surface area (Å²) < 4.78 is 0.866. The molecule has 2 nitrogen and oxygen atoms in total. The average molecular weight is 301 g/mol. The zero-order chi connectivity index (χ0) is 13.9. The van der Waals surface area contributed by atoms with Crippen molar-refractivity contribution in [3.8, 4) is 0 Å². The summed E-state index contributed by atoms with van der Waals surface area (Å²) in [5, 5.41) is 0. The molecule has 0 spiro atoms. The van der Waals surface area contributed by atoms with Crippen LogP contribution in [0.3, 0.4) is 0 Å². The topological polar surface area (TPSA) is 29.3 Å². The Hall–Kier alpha value is -0.0900. The lowest BCUT2D eigenvalue weighted by molar-refractivity contribution is 0.0774. The van der Waals surface area contributed by atoms with E-state index < -0.39 is 0 Å². The maximum atomic E-state index is 6.63. The van der Waals surface area contributed by atoms with Gasteiger partial charge < -0.3 is 5.73 Å². The van der Waals surface area contributed by atoms with Crippen LogP contribution < -0.4 is 5.73 Å². The summed E-state index contributed by atoms with van der Waals surface area (Å²) >= 11 is 7.69. The van der Waals surface area contributed by atoms with E-state index in [-0.39, 0.29) is 11.6 Å². The monoisotopic (exact) mass is 300 g/mol. The van der Waals surface area contributed by atoms with E-state index in [1.807, 2.05) is 6.07 Å². The molecule has 1 heterocycles. The molecule has 1 aliphatic rings. The number of hydrogen-bond acceptors (Lipinski definition) is 3. The van der Waals surface area contributed by atoms with E-state index in [0.717, 1.165) is 23.8 Å². The summed E-state index contributed by atoms with van der Waals surface area (Å²) in [6, 6.07) is 4.31. The highest BCUT2D eigenvalue weighted by atomic mass is 35.5. The van der Waals surface area contributed by atoms with Crippen LogP contribution in [0.25, 0.3) is 0 Å². The zero-order valence-corrected chi connectivity index (χ0v) is 13.6. The highest BCUT2D eigenvalue weighted by Crippen LogP contribution is 2.39. The van der Waals surface area contributed by atoms with Crippen molar-refractivity contribution in [1.82, 2.24) is 4.90 Å². The lowest BCUT2D eigenvalue weighted by atomic mass is 9.84. The van der Waals surface area contributed by atoms with Crippen molar-refractivity contribution >= 4 is 22.9 Å². The third kappa shape index (κ3) is 3.15. The Kier molecular flexibility index (Phi) is 5.29. The van der Waals surface area contributed by atoms with Gasteiger partial charge in [-0.3, -0.25) is 4.90 Å². The fourth-order valence-corrected chi connectivity index (χ4v) is 4.78. The number of nitrogens with zero attached hydrogens (tertiary/aromatic N) is 1. The Labute approximate surface area is 125 Å². The second kappa shape index (κ2) is 6.57. The molecule has 1 unspecified atom stereocenters. The third-order valence-electron chi connectivity index (χ3n) is 4.60. The van der Waals surface area contributed by atoms with E-state index in [9.17, 15) is 0 Å². The van der Waals surface area contributed by atoms with Crippen LogP contribution in [0, 0.1) is 0 Å². The molecular formula is C15H25ClN2S. The Balaban J connectivity index is 2.14. The summed E-state index contributed by atoms with van der Waals surface area (Å²) in [5.74, 6) is 0. The van der Waals surface area contributed by atoms with Crippen molar-refractivity contribution in [2.75, 3.05) is 13.1 Å². The molecule has 0 radical (unpaired) electrons. The van der Waals surface area contributed by atoms with Crippen LogP contribution in [0.15, 0.2) is 12.1 Å². The Morgan fingerprint density at radius 2 is 1.95 bits per heavy atom. The predicted molar refractivity (Wildman–Crippen MR) is 85.1 cm³/mol. The number of likely N-dealkylation sites (N-methyl/N-ethyl adjacent to an activating group) is 1. The van der Waals surface area contributed by atoms with Crippen molar-refractivity contribution < 1.29 is 0 Å². The van der Waals surface area contributed by atoms with Crippen molar-refractivity contribution in [1.29, 1.82) is 0 Å². The van der Waals surface area contributed by atoms with Gasteiger partial charge in [0.15, 0.2) is 0 Å². The molecule has 1 aliphatic carbocycles. The fourth-order valence-electron chi connectivity index (χ4n) is 3.63. The minimum atomic E-state index is 0.208. The SMILES string of the molecule is CCN(CC)C1(C(N)Cc2ccc(Cl)s2)CCCC1. The van der Waals surface area contributed by atoms with Gasteiger partial charge in [-0.05, 0) is 44.5 Å². The van der Waals surface area contributed by atoms with E-state index in [2.05, 4.69) is 24.8 Å². The molecule has 0 saturated heterocycles. The second-order valence-corrected chi connectivity index (χ2v) is 7.30. The van der Waals surface area contributed by atoms with Crippen molar-refractivity contribution in [2.45, 2.75) is 57.5 Å². The largest absolute Gasteiger partial charge is 0.326 e. The average Bonchev–Trinajstić information content (AvgIpc) is 3.01. The molecular weight excluding hydrogens is 276 g/mol. The molecule has 1 aromatic heterocycles. The van der Waals surface area contributed by atoms with E-state index in [4.69, 9.17) is 17.3 Å². The summed E-state index contributed by atoms with van der Waals surface area (Å²) in [5.41, 5.74) is 6.84. The Morgan fingerprint density at radius 3 is 2.42 bits per heavy atom. The molecule has 2 N–H and O–H groups in total. The standard InChI is InChI=1S/C15H25ClN2S/c1-3-18(4-2)15(9-5-6-10-15)13(17)11-12-7-8-14(16)19-12/h7-8,13H,3-6,9-11,17H2,1-2H3. The first-order valence-electron chi connectivity index (χ1n) is 7.37. The molecule has 0 bridgehead atoms. The number of rotatable bonds is 6. The molecule has 2 rings (SSSR count). The van der Waals surface area contributed by atoms with Gasteiger partial charge in [-0.2, -0.15) is 0 Å². The molecule has 1 aromatic rings. The zero-order valence-electron chi connectivity index (χ0n) is 12.0. The molecule has 1 fully saturated rings. The van der Waals surface area contributed by atoms with Gasteiger partial charge in [0.2, 0.25) is 0 Å². The van der Waals surface area contributed by atoms with E-state index >= 15 is 0 Å². The van der Waals surface area contributed by atoms with Crippen LogP contribution in [0.1, 0.15) is 44.4 Å². The van der Waals surface area contributed by atoms with Gasteiger partial charge in [0.1, 0.15) is 0 Å². The van der Waals surface area contributed by atoms with Gasteiger partial charge in [-0.1, -0.05) is 38.3 Å². The minimum Gasteiger partial charge on any atom is -0.326 e. The number of hydrogen-bond donors (Lipinski definition) is 1. The summed E-state index contributed by atoms with van der Waals surface area (Å²) in [4.78, 5) is 3.90. The van der Waals surface area contributed by atoms with Gasteiger partial charge in [0, 0.05) is 16.5 Å². The van der Waals surface area contributed by atoms with Gasteiger partial charge >= 0.3 is 0 Å². The summed E-state index contributed by atoms with van der Waals surface area (Å²) in [6.45, 7) is 6.68. The lowest BCUT2D eigenvalue weighted by Gasteiger charge is -2.44. The summed E-state index contributed by atoms with van der Waals surface area (Å²) in [7, 11) is 0. The fraction of sp³-hybridized carbons (Fsp3) is 0.733. The minimum absolute atomic E-state index is 0.208. The Morgan fingerprint density at radius 1 is 1.32 bits per heavy atom. The molecule has 0 amide bonds. The van der Waals surface area contributed by atoms with Gasteiger partial charge in [0.25, 0.3) is 0 Å². The van der Waals surface area contributed by atoms with Crippen LogP contribution >= 0.6 is 22.9 Å². The molecule has 108 valence electrons. The van der Waals surface area contributed by atoms with Crippen LogP contribution in [-0.4, -0.2) is 29.6 Å².